The van der Waals surface area contributed by atoms with Crippen molar-refractivity contribution in [3.8, 4) is 0 Å². The second-order valence-corrected chi connectivity index (χ2v) is 5.09. The number of carbonyl (C=O) groups excluding carboxylic acids is 1. The Kier molecular flexibility index (Phi) is 3.44. The number of amides is 1. The van der Waals surface area contributed by atoms with Gasteiger partial charge in [-0.25, -0.2) is 4.79 Å². The SMILES string of the molecule is CC(C)(CNC(=O)CN)c1ccc2[nH]c(=O)oc2c1. The van der Waals surface area contributed by atoms with Gasteiger partial charge in [0.25, 0.3) is 0 Å². The number of rotatable bonds is 4. The standard InChI is InChI=1S/C13H17N3O3/c1-13(2,7-15-11(17)6-14)8-3-4-9-10(5-8)19-12(18)16-9/h3-5H,6-7,14H2,1-2H3,(H,15,17)(H,16,18). The van der Waals surface area contributed by atoms with Crippen LogP contribution in [0.3, 0.4) is 0 Å². The average molecular weight is 263 g/mol. The number of hydrogen-bond acceptors (Lipinski definition) is 4. The van der Waals surface area contributed by atoms with Gasteiger partial charge in [0.15, 0.2) is 5.58 Å². The summed E-state index contributed by atoms with van der Waals surface area (Å²) in [7, 11) is 0. The van der Waals surface area contributed by atoms with E-state index in [1.54, 1.807) is 6.07 Å². The lowest BCUT2D eigenvalue weighted by Crippen LogP contribution is -2.39. The van der Waals surface area contributed by atoms with Gasteiger partial charge in [0.05, 0.1) is 12.1 Å². The predicted molar refractivity (Wildman–Crippen MR) is 71.9 cm³/mol. The average Bonchev–Trinajstić information content (AvgIpc) is 2.74. The molecule has 6 nitrogen and oxygen atoms in total. The Balaban J connectivity index is 2.26. The normalized spacial score (nSPS) is 11.7. The molecule has 19 heavy (non-hydrogen) atoms. The first-order valence-electron chi connectivity index (χ1n) is 6.02. The van der Waals surface area contributed by atoms with E-state index in [4.69, 9.17) is 10.2 Å². The smallest absolute Gasteiger partial charge is 0.408 e. The molecular weight excluding hydrogens is 246 g/mol. The van der Waals surface area contributed by atoms with E-state index in [-0.39, 0.29) is 17.9 Å². The van der Waals surface area contributed by atoms with Crippen LogP contribution in [0.2, 0.25) is 0 Å². The van der Waals surface area contributed by atoms with Crippen molar-refractivity contribution >= 4 is 17.0 Å². The summed E-state index contributed by atoms with van der Waals surface area (Å²) in [4.78, 5) is 24.9. The third-order valence-electron chi connectivity index (χ3n) is 3.12. The van der Waals surface area contributed by atoms with Crippen LogP contribution >= 0.6 is 0 Å². The monoisotopic (exact) mass is 263 g/mol. The van der Waals surface area contributed by atoms with Crippen LogP contribution in [0.15, 0.2) is 27.4 Å². The van der Waals surface area contributed by atoms with Crippen molar-refractivity contribution < 1.29 is 9.21 Å². The van der Waals surface area contributed by atoms with Crippen LogP contribution in [0, 0.1) is 0 Å². The number of benzene rings is 1. The largest absolute Gasteiger partial charge is 0.417 e. The van der Waals surface area contributed by atoms with E-state index in [9.17, 15) is 9.59 Å². The fraction of sp³-hybridized carbons (Fsp3) is 0.385. The molecule has 0 aliphatic carbocycles. The molecule has 1 aromatic carbocycles. The van der Waals surface area contributed by atoms with Gasteiger partial charge in [0, 0.05) is 12.0 Å². The minimum atomic E-state index is -0.471. The molecule has 1 heterocycles. The minimum Gasteiger partial charge on any atom is -0.408 e. The first-order chi connectivity index (χ1) is 8.92. The van der Waals surface area contributed by atoms with E-state index in [1.807, 2.05) is 26.0 Å². The lowest BCUT2D eigenvalue weighted by Gasteiger charge is -2.25. The van der Waals surface area contributed by atoms with Gasteiger partial charge >= 0.3 is 5.76 Å². The molecule has 0 aliphatic rings. The summed E-state index contributed by atoms with van der Waals surface area (Å²) in [5, 5.41) is 2.76. The molecule has 6 heteroatoms. The second-order valence-electron chi connectivity index (χ2n) is 5.09. The molecule has 0 atom stereocenters. The topological polar surface area (TPSA) is 101 Å². The van der Waals surface area contributed by atoms with Gasteiger partial charge in [-0.3, -0.25) is 9.78 Å². The molecule has 1 aromatic heterocycles. The highest BCUT2D eigenvalue weighted by molar-refractivity contribution is 5.78. The van der Waals surface area contributed by atoms with E-state index >= 15 is 0 Å². The summed E-state index contributed by atoms with van der Waals surface area (Å²) in [5.41, 5.74) is 7.12. The third kappa shape index (κ3) is 2.85. The number of nitrogens with two attached hydrogens (primary N) is 1. The molecule has 0 fully saturated rings. The highest BCUT2D eigenvalue weighted by Crippen LogP contribution is 2.25. The number of hydrogen-bond donors (Lipinski definition) is 3. The molecule has 0 saturated heterocycles. The van der Waals surface area contributed by atoms with Crippen LogP contribution in [0.25, 0.3) is 11.1 Å². The number of oxazole rings is 1. The second kappa shape index (κ2) is 4.89. The molecule has 1 amide bonds. The minimum absolute atomic E-state index is 0.0260. The van der Waals surface area contributed by atoms with E-state index < -0.39 is 5.76 Å². The highest BCUT2D eigenvalue weighted by Gasteiger charge is 2.22. The number of aromatic amines is 1. The fourth-order valence-electron chi connectivity index (χ4n) is 1.86. The van der Waals surface area contributed by atoms with Gasteiger partial charge in [-0.05, 0) is 17.7 Å². The Bertz CT molecular complexity index is 654. The van der Waals surface area contributed by atoms with Crippen LogP contribution in [0.1, 0.15) is 19.4 Å². The zero-order chi connectivity index (χ0) is 14.0. The zero-order valence-corrected chi connectivity index (χ0v) is 10.9. The van der Waals surface area contributed by atoms with Gasteiger partial charge in [-0.2, -0.15) is 0 Å². The maximum atomic E-state index is 11.2. The number of H-pyrrole nitrogens is 1. The van der Waals surface area contributed by atoms with Crippen molar-refractivity contribution in [1.29, 1.82) is 0 Å². The molecule has 2 aromatic rings. The first kappa shape index (κ1) is 13.4. The van der Waals surface area contributed by atoms with Crippen molar-refractivity contribution in [2.75, 3.05) is 13.1 Å². The summed E-state index contributed by atoms with van der Waals surface area (Å²) in [6.07, 6.45) is 0. The van der Waals surface area contributed by atoms with Crippen LogP contribution in [0.5, 0.6) is 0 Å². The summed E-state index contributed by atoms with van der Waals surface area (Å²) < 4.78 is 5.03. The van der Waals surface area contributed by atoms with E-state index in [1.165, 1.54) is 0 Å². The van der Waals surface area contributed by atoms with E-state index in [0.29, 0.717) is 17.6 Å². The summed E-state index contributed by atoms with van der Waals surface area (Å²) in [6.45, 7) is 4.43. The third-order valence-corrected chi connectivity index (χ3v) is 3.12. The van der Waals surface area contributed by atoms with Crippen molar-refractivity contribution in [3.63, 3.8) is 0 Å². The molecule has 0 saturated carbocycles. The number of nitrogens with one attached hydrogen (secondary N) is 2. The fourth-order valence-corrected chi connectivity index (χ4v) is 1.86. The molecule has 0 unspecified atom stereocenters. The Hall–Kier alpha value is -2.08. The van der Waals surface area contributed by atoms with E-state index in [0.717, 1.165) is 5.56 Å². The number of aromatic nitrogens is 1. The van der Waals surface area contributed by atoms with Crippen molar-refractivity contribution in [2.45, 2.75) is 19.3 Å². The molecular formula is C13H17N3O3. The number of fused-ring (bicyclic) bond motifs is 1. The quantitative estimate of drug-likeness (QED) is 0.746. The Morgan fingerprint density at radius 2 is 2.21 bits per heavy atom. The predicted octanol–water partition coefficient (Wildman–Crippen LogP) is 0.474. The van der Waals surface area contributed by atoms with Crippen LogP contribution in [-0.4, -0.2) is 24.0 Å². The van der Waals surface area contributed by atoms with E-state index in [2.05, 4.69) is 10.3 Å². The zero-order valence-electron chi connectivity index (χ0n) is 10.9. The molecule has 0 bridgehead atoms. The Labute approximate surface area is 110 Å². The van der Waals surface area contributed by atoms with Gasteiger partial charge in [-0.15, -0.1) is 0 Å². The molecule has 0 aliphatic heterocycles. The first-order valence-corrected chi connectivity index (χ1v) is 6.02. The molecule has 4 N–H and O–H groups in total. The summed E-state index contributed by atoms with van der Waals surface area (Å²) >= 11 is 0. The highest BCUT2D eigenvalue weighted by atomic mass is 16.4. The van der Waals surface area contributed by atoms with Gasteiger partial charge in [0.1, 0.15) is 0 Å². The maximum absolute atomic E-state index is 11.2. The van der Waals surface area contributed by atoms with Crippen molar-refractivity contribution in [3.05, 3.63) is 34.3 Å². The van der Waals surface area contributed by atoms with Crippen LogP contribution < -0.4 is 16.8 Å². The lowest BCUT2D eigenvalue weighted by molar-refractivity contribution is -0.119. The number of carbonyl (C=O) groups is 1. The van der Waals surface area contributed by atoms with Gasteiger partial charge in [-0.1, -0.05) is 19.9 Å². The van der Waals surface area contributed by atoms with Crippen LogP contribution in [-0.2, 0) is 10.2 Å². The van der Waals surface area contributed by atoms with Crippen molar-refractivity contribution in [2.24, 2.45) is 5.73 Å². The lowest BCUT2D eigenvalue weighted by atomic mass is 9.84. The Morgan fingerprint density at radius 3 is 2.89 bits per heavy atom. The van der Waals surface area contributed by atoms with Crippen molar-refractivity contribution in [1.82, 2.24) is 10.3 Å². The molecule has 0 spiro atoms. The van der Waals surface area contributed by atoms with Gasteiger partial charge in [0.2, 0.25) is 5.91 Å². The van der Waals surface area contributed by atoms with Crippen LogP contribution in [0.4, 0.5) is 0 Å². The summed E-state index contributed by atoms with van der Waals surface area (Å²) in [6, 6.07) is 5.51. The van der Waals surface area contributed by atoms with Gasteiger partial charge < -0.3 is 15.5 Å². The summed E-state index contributed by atoms with van der Waals surface area (Å²) in [5.74, 6) is -0.663. The Morgan fingerprint density at radius 1 is 1.47 bits per heavy atom. The molecule has 102 valence electrons. The molecule has 0 radical (unpaired) electrons. The maximum Gasteiger partial charge on any atom is 0.417 e. The molecule has 2 rings (SSSR count).